The quantitative estimate of drug-likeness (QED) is 0.850. The first-order valence-electron chi connectivity index (χ1n) is 6.47. The maximum atomic E-state index is 12.0. The van der Waals surface area contributed by atoms with Crippen molar-refractivity contribution >= 4 is 17.3 Å². The van der Waals surface area contributed by atoms with E-state index in [9.17, 15) is 4.79 Å². The summed E-state index contributed by atoms with van der Waals surface area (Å²) < 4.78 is 5.52. The Bertz CT molecular complexity index is 570. The number of amides is 1. The van der Waals surface area contributed by atoms with E-state index in [1.807, 2.05) is 42.5 Å². The minimum atomic E-state index is 0.0140. The zero-order valence-corrected chi connectivity index (χ0v) is 11.5. The van der Waals surface area contributed by atoms with Gasteiger partial charge in [-0.25, -0.2) is 0 Å². The van der Waals surface area contributed by atoms with Gasteiger partial charge in [-0.15, -0.1) is 0 Å². The molecule has 0 heterocycles. The summed E-state index contributed by atoms with van der Waals surface area (Å²) in [6.07, 6.45) is 0.320. The van der Waals surface area contributed by atoms with Crippen LogP contribution in [0.25, 0.3) is 0 Å². The van der Waals surface area contributed by atoms with Gasteiger partial charge in [-0.1, -0.05) is 24.3 Å². The molecule has 0 unspecified atom stereocenters. The molecule has 1 amide bonds. The van der Waals surface area contributed by atoms with Crippen LogP contribution in [0.15, 0.2) is 54.6 Å². The van der Waals surface area contributed by atoms with Crippen molar-refractivity contribution in [3.8, 4) is 5.75 Å². The zero-order chi connectivity index (χ0) is 14.4. The Labute approximate surface area is 118 Å². The number of nitrogens with two attached hydrogens (primary N) is 1. The molecule has 0 aliphatic carbocycles. The van der Waals surface area contributed by atoms with Crippen molar-refractivity contribution in [3.05, 3.63) is 54.6 Å². The average Bonchev–Trinajstić information content (AvgIpc) is 2.47. The van der Waals surface area contributed by atoms with E-state index in [-0.39, 0.29) is 5.91 Å². The van der Waals surface area contributed by atoms with Gasteiger partial charge in [0.05, 0.1) is 13.0 Å². The van der Waals surface area contributed by atoms with Gasteiger partial charge in [-0.05, 0) is 24.3 Å². The molecular weight excluding hydrogens is 252 g/mol. The highest BCUT2D eigenvalue weighted by atomic mass is 16.5. The molecule has 20 heavy (non-hydrogen) atoms. The number of benzene rings is 2. The highest BCUT2D eigenvalue weighted by Gasteiger charge is 2.10. The molecule has 104 valence electrons. The van der Waals surface area contributed by atoms with Gasteiger partial charge in [0, 0.05) is 24.5 Å². The molecule has 4 heteroatoms. The number of ether oxygens (including phenoxy) is 1. The molecule has 2 aromatic rings. The molecule has 0 bridgehead atoms. The molecule has 0 aliphatic heterocycles. The molecule has 0 spiro atoms. The largest absolute Gasteiger partial charge is 0.493 e. The predicted molar refractivity (Wildman–Crippen MR) is 80.8 cm³/mol. The lowest BCUT2D eigenvalue weighted by atomic mass is 10.3. The molecule has 2 N–H and O–H groups in total. The summed E-state index contributed by atoms with van der Waals surface area (Å²) in [5.74, 6) is 0.695. The van der Waals surface area contributed by atoms with Crippen LogP contribution in [0.3, 0.4) is 0 Å². The number of hydrogen-bond acceptors (Lipinski definition) is 3. The Morgan fingerprint density at radius 2 is 1.90 bits per heavy atom. The third-order valence-corrected chi connectivity index (χ3v) is 2.96. The van der Waals surface area contributed by atoms with Crippen LogP contribution >= 0.6 is 0 Å². The lowest BCUT2D eigenvalue weighted by Crippen LogP contribution is -2.27. The SMILES string of the molecule is CN(C(=O)CCOc1cccc(N)c1)c1ccccc1. The van der Waals surface area contributed by atoms with Crippen LogP contribution in [-0.2, 0) is 4.79 Å². The van der Waals surface area contributed by atoms with Crippen molar-refractivity contribution in [1.82, 2.24) is 0 Å². The van der Waals surface area contributed by atoms with E-state index in [1.54, 1.807) is 24.1 Å². The zero-order valence-electron chi connectivity index (χ0n) is 11.5. The van der Waals surface area contributed by atoms with Gasteiger partial charge in [-0.3, -0.25) is 4.79 Å². The molecule has 0 aliphatic rings. The van der Waals surface area contributed by atoms with Crippen LogP contribution in [-0.4, -0.2) is 19.6 Å². The maximum Gasteiger partial charge on any atom is 0.230 e. The van der Waals surface area contributed by atoms with Gasteiger partial charge in [0.1, 0.15) is 5.75 Å². The highest BCUT2D eigenvalue weighted by Crippen LogP contribution is 2.15. The summed E-state index contributed by atoms with van der Waals surface area (Å²) in [6, 6.07) is 16.7. The summed E-state index contributed by atoms with van der Waals surface area (Å²) in [5.41, 5.74) is 7.18. The summed E-state index contributed by atoms with van der Waals surface area (Å²) in [5, 5.41) is 0. The molecule has 0 fully saturated rings. The monoisotopic (exact) mass is 270 g/mol. The van der Waals surface area contributed by atoms with E-state index >= 15 is 0 Å². The Hall–Kier alpha value is -2.49. The molecule has 0 saturated carbocycles. The van der Waals surface area contributed by atoms with Crippen LogP contribution < -0.4 is 15.4 Å². The Kier molecular flexibility index (Phi) is 4.60. The van der Waals surface area contributed by atoms with Crippen LogP contribution in [0.4, 0.5) is 11.4 Å². The molecule has 0 saturated heterocycles. The summed E-state index contributed by atoms with van der Waals surface area (Å²) in [4.78, 5) is 13.6. The van der Waals surface area contributed by atoms with Crippen molar-refractivity contribution in [1.29, 1.82) is 0 Å². The van der Waals surface area contributed by atoms with Gasteiger partial charge < -0.3 is 15.4 Å². The van der Waals surface area contributed by atoms with E-state index in [2.05, 4.69) is 0 Å². The second-order valence-corrected chi connectivity index (χ2v) is 4.46. The minimum Gasteiger partial charge on any atom is -0.493 e. The smallest absolute Gasteiger partial charge is 0.230 e. The molecule has 0 aromatic heterocycles. The molecule has 2 rings (SSSR count). The van der Waals surface area contributed by atoms with Gasteiger partial charge in [-0.2, -0.15) is 0 Å². The van der Waals surface area contributed by atoms with Crippen molar-refractivity contribution in [3.63, 3.8) is 0 Å². The standard InChI is InChI=1S/C16H18N2O2/c1-18(14-7-3-2-4-8-14)16(19)10-11-20-15-9-5-6-13(17)12-15/h2-9,12H,10-11,17H2,1H3. The van der Waals surface area contributed by atoms with Crippen molar-refractivity contribution in [2.45, 2.75) is 6.42 Å². The van der Waals surface area contributed by atoms with Crippen molar-refractivity contribution < 1.29 is 9.53 Å². The number of carbonyl (C=O) groups is 1. The number of nitrogens with zero attached hydrogens (tertiary/aromatic N) is 1. The lowest BCUT2D eigenvalue weighted by Gasteiger charge is -2.17. The number of anilines is 2. The predicted octanol–water partition coefficient (Wildman–Crippen LogP) is 2.70. The molecular formula is C16H18N2O2. The fourth-order valence-electron chi connectivity index (χ4n) is 1.82. The minimum absolute atomic E-state index is 0.0140. The highest BCUT2D eigenvalue weighted by molar-refractivity contribution is 5.92. The van der Waals surface area contributed by atoms with Crippen LogP contribution in [0.5, 0.6) is 5.75 Å². The molecule has 2 aromatic carbocycles. The molecule has 0 atom stereocenters. The van der Waals surface area contributed by atoms with Gasteiger partial charge >= 0.3 is 0 Å². The first-order chi connectivity index (χ1) is 9.66. The Morgan fingerprint density at radius 1 is 1.15 bits per heavy atom. The second kappa shape index (κ2) is 6.61. The number of nitrogen functional groups attached to an aromatic ring is 1. The third-order valence-electron chi connectivity index (χ3n) is 2.96. The first-order valence-corrected chi connectivity index (χ1v) is 6.47. The first kappa shape index (κ1) is 13.9. The summed E-state index contributed by atoms with van der Waals surface area (Å²) >= 11 is 0. The topological polar surface area (TPSA) is 55.6 Å². The van der Waals surface area contributed by atoms with E-state index in [0.29, 0.717) is 24.5 Å². The summed E-state index contributed by atoms with van der Waals surface area (Å²) in [6.45, 7) is 0.333. The number of rotatable bonds is 5. The fourth-order valence-corrected chi connectivity index (χ4v) is 1.82. The molecule has 4 nitrogen and oxygen atoms in total. The van der Waals surface area contributed by atoms with Crippen molar-refractivity contribution in [2.24, 2.45) is 0 Å². The van der Waals surface area contributed by atoms with Gasteiger partial charge in [0.15, 0.2) is 0 Å². The Balaban J connectivity index is 1.83. The number of carbonyl (C=O) groups excluding carboxylic acids is 1. The van der Waals surface area contributed by atoms with E-state index in [4.69, 9.17) is 10.5 Å². The van der Waals surface area contributed by atoms with Crippen LogP contribution in [0.2, 0.25) is 0 Å². The average molecular weight is 270 g/mol. The maximum absolute atomic E-state index is 12.0. The van der Waals surface area contributed by atoms with E-state index < -0.39 is 0 Å². The lowest BCUT2D eigenvalue weighted by molar-refractivity contribution is -0.118. The Morgan fingerprint density at radius 3 is 2.60 bits per heavy atom. The molecule has 0 radical (unpaired) electrons. The van der Waals surface area contributed by atoms with Gasteiger partial charge in [0.2, 0.25) is 5.91 Å². The fraction of sp³-hybridized carbons (Fsp3) is 0.188. The third kappa shape index (κ3) is 3.75. The second-order valence-electron chi connectivity index (χ2n) is 4.46. The van der Waals surface area contributed by atoms with Gasteiger partial charge in [0.25, 0.3) is 0 Å². The van der Waals surface area contributed by atoms with Crippen LogP contribution in [0, 0.1) is 0 Å². The number of hydrogen-bond donors (Lipinski definition) is 1. The van der Waals surface area contributed by atoms with Crippen molar-refractivity contribution in [2.75, 3.05) is 24.3 Å². The van der Waals surface area contributed by atoms with E-state index in [0.717, 1.165) is 5.69 Å². The summed E-state index contributed by atoms with van der Waals surface area (Å²) in [7, 11) is 1.76. The van der Waals surface area contributed by atoms with E-state index in [1.165, 1.54) is 0 Å². The normalized spacial score (nSPS) is 10.1. The number of para-hydroxylation sites is 1. The van der Waals surface area contributed by atoms with Crippen LogP contribution in [0.1, 0.15) is 6.42 Å².